The summed E-state index contributed by atoms with van der Waals surface area (Å²) in [6, 6.07) is 6.82. The van der Waals surface area contributed by atoms with E-state index in [9.17, 15) is 0 Å². The topological polar surface area (TPSA) is 21.3 Å². The number of hydroxylamine groups is 1. The first-order valence-corrected chi connectivity index (χ1v) is 7.32. The summed E-state index contributed by atoms with van der Waals surface area (Å²) in [6.45, 7) is 0. The van der Waals surface area contributed by atoms with Gasteiger partial charge in [-0.05, 0) is 42.9 Å². The van der Waals surface area contributed by atoms with Crippen LogP contribution in [0.2, 0.25) is 0 Å². The van der Waals surface area contributed by atoms with Crippen LogP contribution in [0, 0.1) is 0 Å². The second kappa shape index (κ2) is 5.09. The molecule has 0 heterocycles. The molecule has 0 bridgehead atoms. The van der Waals surface area contributed by atoms with Gasteiger partial charge in [-0.25, -0.2) is 0 Å². The molecule has 1 atom stereocenters. The molecule has 3 heteroatoms. The first-order valence-electron chi connectivity index (χ1n) is 6.53. The van der Waals surface area contributed by atoms with Crippen molar-refractivity contribution in [2.24, 2.45) is 0 Å². The summed E-state index contributed by atoms with van der Waals surface area (Å²) in [5, 5.41) is 0. The smallest absolute Gasteiger partial charge is 0.0790 e. The van der Waals surface area contributed by atoms with Gasteiger partial charge in [-0.1, -0.05) is 40.9 Å². The molecule has 1 N–H and O–H groups in total. The van der Waals surface area contributed by atoms with Gasteiger partial charge in [-0.3, -0.25) is 4.84 Å². The van der Waals surface area contributed by atoms with Crippen molar-refractivity contribution in [2.45, 2.75) is 50.7 Å². The molecule has 0 aromatic heterocycles. The van der Waals surface area contributed by atoms with Crippen LogP contribution in [0.5, 0.6) is 0 Å². The monoisotopic (exact) mass is 295 g/mol. The van der Waals surface area contributed by atoms with Gasteiger partial charge in [-0.2, -0.15) is 5.48 Å². The van der Waals surface area contributed by atoms with Crippen molar-refractivity contribution in [2.75, 3.05) is 0 Å². The molecule has 0 saturated heterocycles. The number of hydrogen-bond acceptors (Lipinski definition) is 2. The van der Waals surface area contributed by atoms with Gasteiger partial charge in [0, 0.05) is 4.47 Å². The first kappa shape index (κ1) is 11.7. The second-order valence-corrected chi connectivity index (χ2v) is 5.90. The Morgan fingerprint density at radius 1 is 1.18 bits per heavy atom. The molecule has 92 valence electrons. The van der Waals surface area contributed by atoms with E-state index in [0.717, 1.165) is 12.8 Å². The van der Waals surface area contributed by atoms with E-state index in [1.54, 1.807) is 0 Å². The van der Waals surface area contributed by atoms with Crippen molar-refractivity contribution in [1.82, 2.24) is 5.48 Å². The van der Waals surface area contributed by atoms with Gasteiger partial charge in [0.1, 0.15) is 0 Å². The van der Waals surface area contributed by atoms with Gasteiger partial charge in [-0.15, -0.1) is 0 Å². The number of hydrogen-bond donors (Lipinski definition) is 1. The molecule has 1 fully saturated rings. The molecule has 1 aromatic carbocycles. The molecule has 0 radical (unpaired) electrons. The van der Waals surface area contributed by atoms with Crippen molar-refractivity contribution >= 4 is 15.9 Å². The third-order valence-corrected chi connectivity index (χ3v) is 4.64. The zero-order valence-corrected chi connectivity index (χ0v) is 11.5. The van der Waals surface area contributed by atoms with Gasteiger partial charge < -0.3 is 0 Å². The van der Waals surface area contributed by atoms with Crippen molar-refractivity contribution in [3.63, 3.8) is 0 Å². The van der Waals surface area contributed by atoms with Crippen molar-refractivity contribution < 1.29 is 4.84 Å². The lowest BCUT2D eigenvalue weighted by Crippen LogP contribution is -2.25. The van der Waals surface area contributed by atoms with E-state index in [1.165, 1.54) is 41.3 Å². The van der Waals surface area contributed by atoms with Crippen LogP contribution in [0.25, 0.3) is 0 Å². The van der Waals surface area contributed by atoms with E-state index in [2.05, 4.69) is 39.6 Å². The van der Waals surface area contributed by atoms with Gasteiger partial charge in [0.05, 0.1) is 12.1 Å². The molecule has 3 rings (SSSR count). The lowest BCUT2D eigenvalue weighted by atomic mass is 10.1. The molecule has 0 amide bonds. The summed E-state index contributed by atoms with van der Waals surface area (Å²) in [7, 11) is 0. The molecule has 2 aliphatic carbocycles. The molecule has 2 nitrogen and oxygen atoms in total. The molecule has 1 aromatic rings. The third kappa shape index (κ3) is 2.42. The Labute approximate surface area is 111 Å². The number of fused-ring (bicyclic) bond motifs is 1. The summed E-state index contributed by atoms with van der Waals surface area (Å²) in [5.41, 5.74) is 6.13. The molecule has 17 heavy (non-hydrogen) atoms. The standard InChI is InChI=1S/C14H18BrNO/c15-13-7-3-6-12-11(13)8-9-14(12)16-17-10-4-1-2-5-10/h3,6-7,10,14,16H,1-2,4-5,8-9H2. The summed E-state index contributed by atoms with van der Waals surface area (Å²) >= 11 is 3.62. The summed E-state index contributed by atoms with van der Waals surface area (Å²) in [6.07, 6.45) is 7.79. The average molecular weight is 296 g/mol. The van der Waals surface area contributed by atoms with E-state index < -0.39 is 0 Å². The predicted molar refractivity (Wildman–Crippen MR) is 71.7 cm³/mol. The number of benzene rings is 1. The van der Waals surface area contributed by atoms with Crippen molar-refractivity contribution in [3.05, 3.63) is 33.8 Å². The zero-order valence-electron chi connectivity index (χ0n) is 9.92. The Kier molecular flexibility index (Phi) is 3.50. The maximum absolute atomic E-state index is 5.82. The normalized spacial score (nSPS) is 24.2. The van der Waals surface area contributed by atoms with Gasteiger partial charge >= 0.3 is 0 Å². The fourth-order valence-electron chi connectivity index (χ4n) is 2.92. The van der Waals surface area contributed by atoms with Crippen LogP contribution in [-0.2, 0) is 11.3 Å². The lowest BCUT2D eigenvalue weighted by molar-refractivity contribution is -0.0405. The highest BCUT2D eigenvalue weighted by Gasteiger charge is 2.25. The van der Waals surface area contributed by atoms with Crippen molar-refractivity contribution in [1.29, 1.82) is 0 Å². The van der Waals surface area contributed by atoms with E-state index in [0.29, 0.717) is 12.1 Å². The van der Waals surface area contributed by atoms with Gasteiger partial charge in [0.15, 0.2) is 0 Å². The van der Waals surface area contributed by atoms with E-state index in [1.807, 2.05) is 0 Å². The molecule has 0 aliphatic heterocycles. The van der Waals surface area contributed by atoms with Crippen LogP contribution in [-0.4, -0.2) is 6.10 Å². The highest BCUT2D eigenvalue weighted by atomic mass is 79.9. The largest absolute Gasteiger partial charge is 0.298 e. The second-order valence-electron chi connectivity index (χ2n) is 5.04. The molecule has 1 saturated carbocycles. The van der Waals surface area contributed by atoms with E-state index >= 15 is 0 Å². The highest BCUT2D eigenvalue weighted by molar-refractivity contribution is 9.10. The van der Waals surface area contributed by atoms with Crippen LogP contribution in [0.1, 0.15) is 49.3 Å². The van der Waals surface area contributed by atoms with Crippen LogP contribution in [0.3, 0.4) is 0 Å². The molecular formula is C14H18BrNO. The van der Waals surface area contributed by atoms with Crippen LogP contribution in [0.4, 0.5) is 0 Å². The minimum absolute atomic E-state index is 0.378. The van der Waals surface area contributed by atoms with Gasteiger partial charge in [0.2, 0.25) is 0 Å². The summed E-state index contributed by atoms with van der Waals surface area (Å²) in [4.78, 5) is 5.82. The quantitative estimate of drug-likeness (QED) is 0.854. The Balaban J connectivity index is 1.65. The molecule has 2 aliphatic rings. The van der Waals surface area contributed by atoms with E-state index in [4.69, 9.17) is 4.84 Å². The Bertz CT molecular complexity index is 401. The molecule has 0 spiro atoms. The van der Waals surface area contributed by atoms with Crippen LogP contribution < -0.4 is 5.48 Å². The van der Waals surface area contributed by atoms with Crippen LogP contribution in [0.15, 0.2) is 22.7 Å². The summed E-state index contributed by atoms with van der Waals surface area (Å²) < 4.78 is 1.24. The minimum Gasteiger partial charge on any atom is -0.298 e. The number of nitrogens with one attached hydrogen (secondary N) is 1. The SMILES string of the molecule is Brc1cccc2c1CCC2NOC1CCCC1. The first-order chi connectivity index (χ1) is 8.34. The Hall–Kier alpha value is -0.380. The predicted octanol–water partition coefficient (Wildman–Crippen LogP) is 3.90. The van der Waals surface area contributed by atoms with E-state index in [-0.39, 0.29) is 0 Å². The average Bonchev–Trinajstić information content (AvgIpc) is 2.95. The highest BCUT2D eigenvalue weighted by Crippen LogP contribution is 2.35. The lowest BCUT2D eigenvalue weighted by Gasteiger charge is -2.17. The minimum atomic E-state index is 0.378. The fraction of sp³-hybridized carbons (Fsp3) is 0.571. The van der Waals surface area contributed by atoms with Crippen molar-refractivity contribution in [3.8, 4) is 0 Å². The summed E-state index contributed by atoms with van der Waals surface area (Å²) in [5.74, 6) is 0. The fourth-order valence-corrected chi connectivity index (χ4v) is 3.50. The third-order valence-electron chi connectivity index (χ3n) is 3.89. The molecular weight excluding hydrogens is 278 g/mol. The maximum Gasteiger partial charge on any atom is 0.0790 e. The van der Waals surface area contributed by atoms with Gasteiger partial charge in [0.25, 0.3) is 0 Å². The Morgan fingerprint density at radius 2 is 2.00 bits per heavy atom. The Morgan fingerprint density at radius 3 is 2.82 bits per heavy atom. The maximum atomic E-state index is 5.82. The molecule has 1 unspecified atom stereocenters. The zero-order chi connectivity index (χ0) is 11.7. The van der Waals surface area contributed by atoms with Crippen LogP contribution >= 0.6 is 15.9 Å². The number of rotatable bonds is 3. The number of halogens is 1.